The normalized spacial score (nSPS) is 42.2. The van der Waals surface area contributed by atoms with E-state index in [-0.39, 0.29) is 0 Å². The highest BCUT2D eigenvalue weighted by atomic mass is 16.5. The van der Waals surface area contributed by atoms with Crippen LogP contribution in [0.3, 0.4) is 0 Å². The molecule has 2 saturated heterocycles. The summed E-state index contributed by atoms with van der Waals surface area (Å²) >= 11 is 0. The second-order valence-corrected chi connectivity index (χ2v) is 5.52. The van der Waals surface area contributed by atoms with Gasteiger partial charge in [0, 0.05) is 25.2 Å². The fraction of sp³-hybridized carbons (Fsp3) is 1.00. The van der Waals surface area contributed by atoms with E-state index in [1.807, 2.05) is 0 Å². The lowest BCUT2D eigenvalue weighted by Gasteiger charge is -2.46. The van der Waals surface area contributed by atoms with Crippen molar-refractivity contribution in [1.82, 2.24) is 4.90 Å². The Morgan fingerprint density at radius 1 is 1.31 bits per heavy atom. The van der Waals surface area contributed by atoms with Crippen molar-refractivity contribution in [3.63, 3.8) is 0 Å². The molecule has 4 unspecified atom stereocenters. The van der Waals surface area contributed by atoms with Gasteiger partial charge in [-0.1, -0.05) is 6.92 Å². The zero-order chi connectivity index (χ0) is 11.5. The minimum Gasteiger partial charge on any atom is -0.378 e. The molecule has 0 amide bonds. The molecule has 0 aromatic carbocycles. The molecule has 16 heavy (non-hydrogen) atoms. The Morgan fingerprint density at radius 3 is 2.81 bits per heavy atom. The number of nitrogens with two attached hydrogens (primary N) is 1. The molecule has 4 atom stereocenters. The molecule has 0 aromatic heterocycles. The Kier molecular flexibility index (Phi) is 4.22. The lowest BCUT2D eigenvalue weighted by Crippen LogP contribution is -2.55. The molecular formula is C13H26N2O. The van der Waals surface area contributed by atoms with Gasteiger partial charge in [-0.2, -0.15) is 0 Å². The number of piperidine rings is 1. The van der Waals surface area contributed by atoms with Crippen LogP contribution in [0.2, 0.25) is 0 Å². The zero-order valence-corrected chi connectivity index (χ0v) is 10.7. The van der Waals surface area contributed by atoms with E-state index in [0.29, 0.717) is 18.2 Å². The van der Waals surface area contributed by atoms with Crippen molar-refractivity contribution >= 4 is 0 Å². The third-order valence-corrected chi connectivity index (χ3v) is 4.33. The first-order chi connectivity index (χ1) is 7.72. The Hall–Kier alpha value is -0.120. The van der Waals surface area contributed by atoms with E-state index in [2.05, 4.69) is 18.7 Å². The van der Waals surface area contributed by atoms with E-state index < -0.39 is 0 Å². The highest BCUT2D eigenvalue weighted by molar-refractivity contribution is 4.89. The summed E-state index contributed by atoms with van der Waals surface area (Å²) in [6.07, 6.45) is 5.48. The fourth-order valence-electron chi connectivity index (χ4n) is 3.38. The summed E-state index contributed by atoms with van der Waals surface area (Å²) in [6.45, 7) is 7.52. The van der Waals surface area contributed by atoms with Crippen molar-refractivity contribution < 1.29 is 4.74 Å². The molecule has 0 saturated carbocycles. The van der Waals surface area contributed by atoms with Gasteiger partial charge in [-0.15, -0.1) is 0 Å². The third-order valence-electron chi connectivity index (χ3n) is 4.33. The van der Waals surface area contributed by atoms with Gasteiger partial charge in [0.1, 0.15) is 0 Å². The molecule has 0 spiro atoms. The van der Waals surface area contributed by atoms with Gasteiger partial charge >= 0.3 is 0 Å². The Balaban J connectivity index is 1.99. The predicted octanol–water partition coefficient (Wildman–Crippen LogP) is 1.61. The van der Waals surface area contributed by atoms with Crippen molar-refractivity contribution in [2.45, 2.75) is 57.7 Å². The van der Waals surface area contributed by atoms with Gasteiger partial charge in [0.2, 0.25) is 0 Å². The van der Waals surface area contributed by atoms with Crippen LogP contribution in [0.5, 0.6) is 0 Å². The van der Waals surface area contributed by atoms with Gasteiger partial charge in [0.15, 0.2) is 0 Å². The number of likely N-dealkylation sites (tertiary alicyclic amines) is 1. The largest absolute Gasteiger partial charge is 0.378 e. The first-order valence-corrected chi connectivity index (χ1v) is 6.79. The molecule has 0 aliphatic carbocycles. The van der Waals surface area contributed by atoms with Crippen LogP contribution < -0.4 is 5.73 Å². The molecule has 0 bridgehead atoms. The second kappa shape index (κ2) is 5.48. The van der Waals surface area contributed by atoms with Crippen LogP contribution in [0.1, 0.15) is 39.5 Å². The molecule has 2 fully saturated rings. The molecular weight excluding hydrogens is 200 g/mol. The van der Waals surface area contributed by atoms with Crippen molar-refractivity contribution in [3.8, 4) is 0 Å². The molecule has 3 nitrogen and oxygen atoms in total. The molecule has 2 heterocycles. The molecule has 3 heteroatoms. The van der Waals surface area contributed by atoms with Crippen LogP contribution in [0.15, 0.2) is 0 Å². The summed E-state index contributed by atoms with van der Waals surface area (Å²) in [5.41, 5.74) is 5.95. The maximum absolute atomic E-state index is 5.95. The van der Waals surface area contributed by atoms with Gasteiger partial charge in [-0.25, -0.2) is 0 Å². The first-order valence-electron chi connectivity index (χ1n) is 6.79. The maximum atomic E-state index is 5.95. The summed E-state index contributed by atoms with van der Waals surface area (Å²) in [4.78, 5) is 2.67. The Morgan fingerprint density at radius 2 is 2.12 bits per heavy atom. The van der Waals surface area contributed by atoms with E-state index >= 15 is 0 Å². The monoisotopic (exact) mass is 226 g/mol. The summed E-state index contributed by atoms with van der Waals surface area (Å²) in [6, 6.07) is 1.31. The lowest BCUT2D eigenvalue weighted by atomic mass is 9.87. The van der Waals surface area contributed by atoms with Crippen LogP contribution in [0.25, 0.3) is 0 Å². The van der Waals surface area contributed by atoms with Gasteiger partial charge in [-0.3, -0.25) is 4.90 Å². The van der Waals surface area contributed by atoms with Crippen LogP contribution in [-0.4, -0.2) is 42.8 Å². The van der Waals surface area contributed by atoms with Crippen molar-refractivity contribution in [3.05, 3.63) is 0 Å². The van der Waals surface area contributed by atoms with Gasteiger partial charge in [0.05, 0.1) is 6.10 Å². The zero-order valence-electron chi connectivity index (χ0n) is 10.7. The number of ether oxygens (including phenoxy) is 1. The number of hydrogen-bond acceptors (Lipinski definition) is 3. The first kappa shape index (κ1) is 12.3. The fourth-order valence-corrected chi connectivity index (χ4v) is 3.38. The molecule has 0 aromatic rings. The van der Waals surface area contributed by atoms with E-state index in [9.17, 15) is 0 Å². The van der Waals surface area contributed by atoms with Crippen molar-refractivity contribution in [1.29, 1.82) is 0 Å². The highest BCUT2D eigenvalue weighted by Gasteiger charge is 2.34. The van der Waals surface area contributed by atoms with Crippen molar-refractivity contribution in [2.24, 2.45) is 11.7 Å². The van der Waals surface area contributed by atoms with Gasteiger partial charge in [-0.05, 0) is 45.1 Å². The van der Waals surface area contributed by atoms with Crippen LogP contribution >= 0.6 is 0 Å². The third kappa shape index (κ3) is 2.58. The summed E-state index contributed by atoms with van der Waals surface area (Å²) in [7, 11) is 0. The van der Waals surface area contributed by atoms with E-state index in [4.69, 9.17) is 10.5 Å². The van der Waals surface area contributed by atoms with Crippen molar-refractivity contribution in [2.75, 3.05) is 19.7 Å². The molecule has 94 valence electrons. The predicted molar refractivity (Wildman–Crippen MR) is 66.4 cm³/mol. The average molecular weight is 226 g/mol. The Labute approximate surface area is 99.3 Å². The molecule has 0 radical (unpaired) electrons. The van der Waals surface area contributed by atoms with E-state index in [1.165, 1.54) is 32.2 Å². The van der Waals surface area contributed by atoms with Gasteiger partial charge < -0.3 is 10.5 Å². The molecule has 2 aliphatic heterocycles. The topological polar surface area (TPSA) is 38.5 Å². The van der Waals surface area contributed by atoms with Gasteiger partial charge in [0.25, 0.3) is 0 Å². The SMILES string of the molecule is CC1CC(N2CCCC(C)C2CN)CCO1. The Bertz CT molecular complexity index is 222. The molecule has 2 aliphatic rings. The standard InChI is InChI=1S/C13H26N2O/c1-10-4-3-6-15(13(10)9-14)12-5-7-16-11(2)8-12/h10-13H,3-9,14H2,1-2H3. The van der Waals surface area contributed by atoms with E-state index in [0.717, 1.165) is 19.1 Å². The number of nitrogens with zero attached hydrogens (tertiary/aromatic N) is 1. The van der Waals surface area contributed by atoms with Crippen LogP contribution in [0, 0.1) is 5.92 Å². The van der Waals surface area contributed by atoms with Crippen LogP contribution in [0.4, 0.5) is 0 Å². The summed E-state index contributed by atoms with van der Waals surface area (Å²) in [5.74, 6) is 0.761. The number of hydrogen-bond donors (Lipinski definition) is 1. The lowest BCUT2D eigenvalue weighted by molar-refractivity contribution is -0.0425. The minimum atomic E-state index is 0.425. The summed E-state index contributed by atoms with van der Waals surface area (Å²) in [5, 5.41) is 0. The molecule has 2 N–H and O–H groups in total. The smallest absolute Gasteiger partial charge is 0.0561 e. The van der Waals surface area contributed by atoms with E-state index in [1.54, 1.807) is 0 Å². The average Bonchev–Trinajstić information content (AvgIpc) is 2.28. The number of rotatable bonds is 2. The highest BCUT2D eigenvalue weighted by Crippen LogP contribution is 2.29. The maximum Gasteiger partial charge on any atom is 0.0561 e. The quantitative estimate of drug-likeness (QED) is 0.777. The summed E-state index contributed by atoms with van der Waals surface area (Å²) < 4.78 is 5.64. The second-order valence-electron chi connectivity index (χ2n) is 5.52. The minimum absolute atomic E-state index is 0.425. The molecule has 2 rings (SSSR count). The van der Waals surface area contributed by atoms with Crippen LogP contribution in [-0.2, 0) is 4.74 Å².